The molecule has 0 aliphatic carbocycles. The maximum absolute atomic E-state index is 14.3. The number of imidazole rings is 1. The van der Waals surface area contributed by atoms with Crippen molar-refractivity contribution in [1.29, 1.82) is 5.26 Å². The van der Waals surface area contributed by atoms with E-state index in [1.165, 1.54) is 27.4 Å². The van der Waals surface area contributed by atoms with Crippen molar-refractivity contribution in [2.24, 2.45) is 0 Å². The van der Waals surface area contributed by atoms with Gasteiger partial charge in [0.15, 0.2) is 11.5 Å². The predicted molar refractivity (Wildman–Crippen MR) is 108 cm³/mol. The third kappa shape index (κ3) is 2.67. The zero-order chi connectivity index (χ0) is 21.9. The number of hydrogen-bond acceptors (Lipinski definition) is 7. The number of nitrogens with zero attached hydrogens (tertiary/aromatic N) is 6. The first kappa shape index (κ1) is 18.7. The van der Waals surface area contributed by atoms with Crippen LogP contribution in [0.4, 0.5) is 4.39 Å². The molecule has 31 heavy (non-hydrogen) atoms. The van der Waals surface area contributed by atoms with Crippen molar-refractivity contribution in [3.63, 3.8) is 0 Å². The average Bonchev–Trinajstić information content (AvgIpc) is 3.46. The van der Waals surface area contributed by atoms with Crippen molar-refractivity contribution in [3.8, 4) is 29.2 Å². The van der Waals surface area contributed by atoms with Crippen molar-refractivity contribution < 1.29 is 13.3 Å². The molecule has 154 valence electrons. The van der Waals surface area contributed by atoms with E-state index in [2.05, 4.69) is 15.1 Å². The van der Waals surface area contributed by atoms with Gasteiger partial charge in [0, 0.05) is 6.04 Å². The molecule has 5 rings (SSSR count). The second-order valence-corrected chi connectivity index (χ2v) is 7.32. The van der Waals surface area contributed by atoms with Crippen molar-refractivity contribution >= 4 is 16.6 Å². The lowest BCUT2D eigenvalue weighted by molar-refractivity contribution is 0.428. The number of halogens is 1. The SMILES string of the molecule is Cc1ccc(-c2noc(-c3ncn4c3c(=O)n(C(C)C)c3c(C#N)c(F)ccc34)n2)o1. The Morgan fingerprint density at radius 3 is 2.68 bits per heavy atom. The lowest BCUT2D eigenvalue weighted by atomic mass is 10.1. The smallest absolute Gasteiger partial charge is 0.279 e. The molecule has 0 radical (unpaired) electrons. The van der Waals surface area contributed by atoms with Crippen LogP contribution in [0, 0.1) is 24.1 Å². The Morgan fingerprint density at radius 1 is 1.19 bits per heavy atom. The van der Waals surface area contributed by atoms with Crippen LogP contribution >= 0.6 is 0 Å². The van der Waals surface area contributed by atoms with Crippen molar-refractivity contribution in [2.45, 2.75) is 26.8 Å². The minimum Gasteiger partial charge on any atom is -0.458 e. The zero-order valence-electron chi connectivity index (χ0n) is 16.8. The lowest BCUT2D eigenvalue weighted by Gasteiger charge is -2.16. The van der Waals surface area contributed by atoms with Crippen LogP contribution in [0.25, 0.3) is 39.7 Å². The number of furan rings is 1. The highest BCUT2D eigenvalue weighted by molar-refractivity contribution is 5.87. The van der Waals surface area contributed by atoms with Gasteiger partial charge in [-0.3, -0.25) is 9.20 Å². The van der Waals surface area contributed by atoms with E-state index in [9.17, 15) is 14.4 Å². The van der Waals surface area contributed by atoms with Gasteiger partial charge in [-0.05, 0) is 45.0 Å². The van der Waals surface area contributed by atoms with Gasteiger partial charge in [0.05, 0.1) is 11.0 Å². The zero-order valence-corrected chi connectivity index (χ0v) is 16.8. The van der Waals surface area contributed by atoms with E-state index in [0.717, 1.165) is 0 Å². The molecule has 0 N–H and O–H groups in total. The number of benzene rings is 1. The van der Waals surface area contributed by atoms with Gasteiger partial charge < -0.3 is 13.5 Å². The monoisotopic (exact) mass is 418 g/mol. The number of fused-ring (bicyclic) bond motifs is 3. The molecule has 0 amide bonds. The third-order valence-electron chi connectivity index (χ3n) is 5.01. The Balaban J connectivity index is 1.83. The summed E-state index contributed by atoms with van der Waals surface area (Å²) < 4.78 is 28.1. The molecule has 5 aromatic rings. The molecule has 0 saturated heterocycles. The molecule has 0 saturated carbocycles. The van der Waals surface area contributed by atoms with Crippen LogP contribution < -0.4 is 5.56 Å². The number of aryl methyl sites for hydroxylation is 1. The van der Waals surface area contributed by atoms with Crippen LogP contribution in [-0.4, -0.2) is 24.1 Å². The third-order valence-corrected chi connectivity index (χ3v) is 5.01. The molecule has 1 aromatic carbocycles. The van der Waals surface area contributed by atoms with E-state index in [1.54, 1.807) is 32.9 Å². The van der Waals surface area contributed by atoms with Crippen LogP contribution in [-0.2, 0) is 0 Å². The first-order valence-electron chi connectivity index (χ1n) is 9.45. The Morgan fingerprint density at radius 2 is 2.00 bits per heavy atom. The van der Waals surface area contributed by atoms with Gasteiger partial charge in [-0.15, -0.1) is 0 Å². The quantitative estimate of drug-likeness (QED) is 0.437. The van der Waals surface area contributed by atoms with Crippen LogP contribution in [0.2, 0.25) is 0 Å². The van der Waals surface area contributed by atoms with Gasteiger partial charge in [0.25, 0.3) is 11.4 Å². The van der Waals surface area contributed by atoms with E-state index in [0.29, 0.717) is 17.0 Å². The largest absolute Gasteiger partial charge is 0.458 e. The maximum atomic E-state index is 14.3. The highest BCUT2D eigenvalue weighted by atomic mass is 19.1. The van der Waals surface area contributed by atoms with Crippen LogP contribution in [0.15, 0.2) is 44.3 Å². The molecular weight excluding hydrogens is 403 g/mol. The van der Waals surface area contributed by atoms with Crippen molar-refractivity contribution in [1.82, 2.24) is 24.1 Å². The molecule has 0 fully saturated rings. The molecule has 0 aliphatic heterocycles. The summed E-state index contributed by atoms with van der Waals surface area (Å²) in [6, 6.07) is 7.71. The minimum absolute atomic E-state index is 0.0425. The summed E-state index contributed by atoms with van der Waals surface area (Å²) >= 11 is 0. The molecule has 0 aliphatic rings. The first-order valence-corrected chi connectivity index (χ1v) is 9.45. The summed E-state index contributed by atoms with van der Waals surface area (Å²) in [6.45, 7) is 5.36. The fourth-order valence-corrected chi connectivity index (χ4v) is 3.67. The number of rotatable bonds is 3. The summed E-state index contributed by atoms with van der Waals surface area (Å²) in [5.41, 5.74) is 0.380. The molecule has 9 nitrogen and oxygen atoms in total. The van der Waals surface area contributed by atoms with E-state index in [1.807, 2.05) is 6.07 Å². The summed E-state index contributed by atoms with van der Waals surface area (Å²) in [4.78, 5) is 22.1. The van der Waals surface area contributed by atoms with Gasteiger partial charge >= 0.3 is 0 Å². The molecule has 0 atom stereocenters. The molecule has 10 heteroatoms. The molecule has 0 spiro atoms. The minimum atomic E-state index is -0.696. The number of aromatic nitrogens is 5. The molecule has 0 bridgehead atoms. The van der Waals surface area contributed by atoms with Crippen LogP contribution in [0.1, 0.15) is 31.2 Å². The Bertz CT molecular complexity index is 1580. The molecule has 4 heterocycles. The van der Waals surface area contributed by atoms with Gasteiger partial charge in [-0.25, -0.2) is 9.37 Å². The molecule has 4 aromatic heterocycles. The number of nitriles is 1. The van der Waals surface area contributed by atoms with Gasteiger partial charge in [-0.1, -0.05) is 5.16 Å². The van der Waals surface area contributed by atoms with E-state index in [-0.39, 0.29) is 40.0 Å². The second kappa shape index (κ2) is 6.63. The Kier molecular flexibility index (Phi) is 4.01. The van der Waals surface area contributed by atoms with E-state index < -0.39 is 11.4 Å². The highest BCUT2D eigenvalue weighted by Gasteiger charge is 2.24. The summed E-state index contributed by atoms with van der Waals surface area (Å²) in [5, 5.41) is 13.4. The van der Waals surface area contributed by atoms with Crippen molar-refractivity contribution in [3.05, 3.63) is 58.1 Å². The topological polar surface area (TPSA) is 115 Å². The second-order valence-electron chi connectivity index (χ2n) is 7.32. The fourth-order valence-electron chi connectivity index (χ4n) is 3.67. The van der Waals surface area contributed by atoms with Gasteiger partial charge in [-0.2, -0.15) is 10.2 Å². The van der Waals surface area contributed by atoms with Crippen LogP contribution in [0.5, 0.6) is 0 Å². The number of hydrogen-bond donors (Lipinski definition) is 0. The molecule has 0 unspecified atom stereocenters. The predicted octanol–water partition coefficient (Wildman–Crippen LogP) is 3.86. The van der Waals surface area contributed by atoms with E-state index in [4.69, 9.17) is 8.94 Å². The average molecular weight is 418 g/mol. The van der Waals surface area contributed by atoms with Crippen LogP contribution in [0.3, 0.4) is 0 Å². The standard InChI is InChI=1S/C21H15FN6O3/c1-10(2)28-17-12(8-23)13(22)5-6-14(17)27-9-24-16(18(27)21(28)29)20-25-19(26-31-20)15-7-4-11(3)30-15/h4-7,9-10H,1-3H3. The van der Waals surface area contributed by atoms with Gasteiger partial charge in [0.2, 0.25) is 5.82 Å². The normalized spacial score (nSPS) is 11.6. The molecular formula is C21H15FN6O3. The first-order chi connectivity index (χ1) is 14.9. The summed E-state index contributed by atoms with van der Waals surface area (Å²) in [6.07, 6.45) is 1.42. The fraction of sp³-hybridized carbons (Fsp3) is 0.190. The van der Waals surface area contributed by atoms with E-state index >= 15 is 0 Å². The van der Waals surface area contributed by atoms with Gasteiger partial charge in [0.1, 0.15) is 35.1 Å². The summed E-state index contributed by atoms with van der Waals surface area (Å²) in [5.74, 6) is 0.693. The maximum Gasteiger partial charge on any atom is 0.279 e. The Hall–Kier alpha value is -4.26. The van der Waals surface area contributed by atoms with Crippen molar-refractivity contribution in [2.75, 3.05) is 0 Å². The highest BCUT2D eigenvalue weighted by Crippen LogP contribution is 2.29. The lowest BCUT2D eigenvalue weighted by Crippen LogP contribution is -2.25. The Labute approximate surface area is 174 Å². The summed E-state index contributed by atoms with van der Waals surface area (Å²) in [7, 11) is 0.